The molecule has 2 rings (SSSR count). The molecule has 5 nitrogen and oxygen atoms in total. The standard InChI is InChI=1S/C12H9ClFN3O2/c1-12(8-3-2-7(14)6-9(8)13)10(18)17(5-4-15)11(19)16-12/h2-3,6H,5H2,1H3,(H,16,19)/t12-/m0/s1. The van der Waals surface area contributed by atoms with Crippen LogP contribution in [0.25, 0.3) is 0 Å². The summed E-state index contributed by atoms with van der Waals surface area (Å²) in [5, 5.41) is 11.1. The van der Waals surface area contributed by atoms with E-state index in [0.717, 1.165) is 17.0 Å². The fourth-order valence-electron chi connectivity index (χ4n) is 1.99. The molecule has 1 aromatic carbocycles. The van der Waals surface area contributed by atoms with Crippen LogP contribution in [0.4, 0.5) is 9.18 Å². The molecule has 1 aromatic rings. The highest BCUT2D eigenvalue weighted by atomic mass is 35.5. The summed E-state index contributed by atoms with van der Waals surface area (Å²) in [6, 6.07) is 4.62. The first-order valence-electron chi connectivity index (χ1n) is 5.36. The maximum absolute atomic E-state index is 13.0. The zero-order valence-corrected chi connectivity index (χ0v) is 10.7. The molecule has 0 aromatic heterocycles. The maximum Gasteiger partial charge on any atom is 0.326 e. The first kappa shape index (κ1) is 13.3. The lowest BCUT2D eigenvalue weighted by molar-refractivity contribution is -0.130. The molecule has 0 aliphatic carbocycles. The van der Waals surface area contributed by atoms with Crippen LogP contribution in [0.15, 0.2) is 18.2 Å². The van der Waals surface area contributed by atoms with E-state index >= 15 is 0 Å². The van der Waals surface area contributed by atoms with Crippen molar-refractivity contribution in [2.75, 3.05) is 6.54 Å². The van der Waals surface area contributed by atoms with Gasteiger partial charge in [0.2, 0.25) is 0 Å². The van der Waals surface area contributed by atoms with Gasteiger partial charge in [-0.05, 0) is 19.1 Å². The number of benzene rings is 1. The summed E-state index contributed by atoms with van der Waals surface area (Å²) in [6.07, 6.45) is 0. The molecule has 1 fully saturated rings. The highest BCUT2D eigenvalue weighted by Crippen LogP contribution is 2.33. The zero-order valence-electron chi connectivity index (χ0n) is 9.91. The highest BCUT2D eigenvalue weighted by molar-refractivity contribution is 6.32. The SMILES string of the molecule is C[C@@]1(c2ccc(F)cc2Cl)NC(=O)N(CC#N)C1=O. The predicted molar refractivity (Wildman–Crippen MR) is 64.6 cm³/mol. The largest absolute Gasteiger partial charge is 0.326 e. The number of urea groups is 1. The van der Waals surface area contributed by atoms with Crippen molar-refractivity contribution in [1.82, 2.24) is 10.2 Å². The van der Waals surface area contributed by atoms with Crippen molar-refractivity contribution in [2.45, 2.75) is 12.5 Å². The van der Waals surface area contributed by atoms with Crippen LogP contribution in [0.2, 0.25) is 5.02 Å². The van der Waals surface area contributed by atoms with Crippen molar-refractivity contribution in [3.05, 3.63) is 34.6 Å². The number of nitrogens with one attached hydrogen (secondary N) is 1. The van der Waals surface area contributed by atoms with Gasteiger partial charge in [-0.1, -0.05) is 17.7 Å². The Morgan fingerprint density at radius 1 is 1.53 bits per heavy atom. The molecule has 3 amide bonds. The van der Waals surface area contributed by atoms with E-state index in [-0.39, 0.29) is 17.1 Å². The third-order valence-corrected chi connectivity index (χ3v) is 3.29. The number of hydrogen-bond donors (Lipinski definition) is 1. The second-order valence-corrected chi connectivity index (χ2v) is 4.64. The molecule has 0 spiro atoms. The van der Waals surface area contributed by atoms with E-state index in [4.69, 9.17) is 16.9 Å². The summed E-state index contributed by atoms with van der Waals surface area (Å²) in [5.41, 5.74) is -1.10. The number of amides is 3. The molecule has 98 valence electrons. The normalized spacial score (nSPS) is 22.3. The van der Waals surface area contributed by atoms with Crippen molar-refractivity contribution < 1.29 is 14.0 Å². The minimum atomic E-state index is -1.39. The van der Waals surface area contributed by atoms with Crippen molar-refractivity contribution in [3.8, 4) is 6.07 Å². The Labute approximate surface area is 113 Å². The van der Waals surface area contributed by atoms with E-state index in [1.807, 2.05) is 0 Å². The monoisotopic (exact) mass is 281 g/mol. The Bertz CT molecular complexity index is 613. The molecule has 19 heavy (non-hydrogen) atoms. The molecule has 1 saturated heterocycles. The Kier molecular flexibility index (Phi) is 3.16. The lowest BCUT2D eigenvalue weighted by Crippen LogP contribution is -2.41. The smallest absolute Gasteiger partial charge is 0.319 e. The minimum Gasteiger partial charge on any atom is -0.319 e. The van der Waals surface area contributed by atoms with Gasteiger partial charge in [-0.2, -0.15) is 5.26 Å². The van der Waals surface area contributed by atoms with Gasteiger partial charge in [-0.3, -0.25) is 4.79 Å². The fraction of sp³-hybridized carbons (Fsp3) is 0.250. The number of imide groups is 1. The molecule has 1 N–H and O–H groups in total. The first-order chi connectivity index (χ1) is 8.90. The molecule has 0 unspecified atom stereocenters. The van der Waals surface area contributed by atoms with Crippen LogP contribution in [0.3, 0.4) is 0 Å². The predicted octanol–water partition coefficient (Wildman–Crippen LogP) is 1.77. The lowest BCUT2D eigenvalue weighted by atomic mass is 9.92. The van der Waals surface area contributed by atoms with Gasteiger partial charge in [0.15, 0.2) is 0 Å². The number of halogens is 2. The Balaban J connectivity index is 2.47. The molecule has 0 radical (unpaired) electrons. The molecule has 1 aliphatic heterocycles. The van der Waals surface area contributed by atoms with Crippen LogP contribution < -0.4 is 5.32 Å². The van der Waals surface area contributed by atoms with E-state index < -0.39 is 23.3 Å². The second-order valence-electron chi connectivity index (χ2n) is 4.23. The van der Waals surface area contributed by atoms with Gasteiger partial charge in [-0.25, -0.2) is 14.1 Å². The summed E-state index contributed by atoms with van der Waals surface area (Å²) >= 11 is 5.91. The lowest BCUT2D eigenvalue weighted by Gasteiger charge is -2.23. The van der Waals surface area contributed by atoms with Crippen molar-refractivity contribution in [3.63, 3.8) is 0 Å². The number of carbonyl (C=O) groups excluding carboxylic acids is 2. The fourth-order valence-corrected chi connectivity index (χ4v) is 2.34. The van der Waals surface area contributed by atoms with Crippen LogP contribution in [0, 0.1) is 17.1 Å². The van der Waals surface area contributed by atoms with Crippen LogP contribution in [0.5, 0.6) is 0 Å². The van der Waals surface area contributed by atoms with E-state index in [1.165, 1.54) is 13.0 Å². The Hall–Kier alpha value is -2.13. The molecule has 7 heteroatoms. The molecule has 0 saturated carbocycles. The molecule has 1 heterocycles. The van der Waals surface area contributed by atoms with Gasteiger partial charge >= 0.3 is 6.03 Å². The van der Waals surface area contributed by atoms with Gasteiger partial charge in [0.05, 0.1) is 6.07 Å². The number of nitrogens with zero attached hydrogens (tertiary/aromatic N) is 2. The van der Waals surface area contributed by atoms with Gasteiger partial charge in [0.1, 0.15) is 17.9 Å². The van der Waals surface area contributed by atoms with E-state index in [0.29, 0.717) is 0 Å². The maximum atomic E-state index is 13.0. The van der Waals surface area contributed by atoms with E-state index in [9.17, 15) is 14.0 Å². The van der Waals surface area contributed by atoms with Gasteiger partial charge in [0, 0.05) is 10.6 Å². The number of hydrogen-bond acceptors (Lipinski definition) is 3. The van der Waals surface area contributed by atoms with Crippen LogP contribution >= 0.6 is 11.6 Å². The minimum absolute atomic E-state index is 0.0370. The average Bonchev–Trinajstić information content (AvgIpc) is 2.54. The third kappa shape index (κ3) is 2.02. The molecule has 1 aliphatic rings. The zero-order chi connectivity index (χ0) is 14.2. The quantitative estimate of drug-likeness (QED) is 0.663. The third-order valence-electron chi connectivity index (χ3n) is 2.97. The van der Waals surface area contributed by atoms with Crippen LogP contribution in [-0.2, 0) is 10.3 Å². The summed E-state index contributed by atoms with van der Waals surface area (Å²) in [7, 11) is 0. The van der Waals surface area contributed by atoms with Crippen molar-refractivity contribution in [1.29, 1.82) is 5.26 Å². The van der Waals surface area contributed by atoms with Crippen molar-refractivity contribution in [2.24, 2.45) is 0 Å². The summed E-state index contributed by atoms with van der Waals surface area (Å²) < 4.78 is 13.0. The molecule has 1 atom stereocenters. The van der Waals surface area contributed by atoms with E-state index in [1.54, 1.807) is 6.07 Å². The highest BCUT2D eigenvalue weighted by Gasteiger charge is 2.49. The topological polar surface area (TPSA) is 73.2 Å². The molecule has 0 bridgehead atoms. The second kappa shape index (κ2) is 4.52. The Morgan fingerprint density at radius 3 is 2.79 bits per heavy atom. The van der Waals surface area contributed by atoms with Crippen LogP contribution in [0.1, 0.15) is 12.5 Å². The first-order valence-corrected chi connectivity index (χ1v) is 5.74. The van der Waals surface area contributed by atoms with Gasteiger partial charge in [0.25, 0.3) is 5.91 Å². The van der Waals surface area contributed by atoms with Crippen LogP contribution in [-0.4, -0.2) is 23.4 Å². The Morgan fingerprint density at radius 2 is 2.21 bits per heavy atom. The summed E-state index contributed by atoms with van der Waals surface area (Å²) in [4.78, 5) is 24.7. The number of carbonyl (C=O) groups is 2. The van der Waals surface area contributed by atoms with Gasteiger partial charge < -0.3 is 5.32 Å². The summed E-state index contributed by atoms with van der Waals surface area (Å²) in [6.45, 7) is 1.11. The van der Waals surface area contributed by atoms with Crippen molar-refractivity contribution >= 4 is 23.5 Å². The number of rotatable bonds is 2. The molecular weight excluding hydrogens is 273 g/mol. The average molecular weight is 282 g/mol. The van der Waals surface area contributed by atoms with Gasteiger partial charge in [-0.15, -0.1) is 0 Å². The number of nitriles is 1. The molecular formula is C12H9ClFN3O2. The van der Waals surface area contributed by atoms with E-state index in [2.05, 4.69) is 5.32 Å². The summed E-state index contributed by atoms with van der Waals surface area (Å²) in [5.74, 6) is -1.13.